The molecule has 0 bridgehead atoms. The first-order chi connectivity index (χ1) is 14.4. The van der Waals surface area contributed by atoms with E-state index in [0.29, 0.717) is 9.97 Å². The minimum Gasteiger partial charge on any atom is -0.435 e. The van der Waals surface area contributed by atoms with Crippen molar-refractivity contribution < 1.29 is 13.9 Å². The summed E-state index contributed by atoms with van der Waals surface area (Å²) >= 11 is 6.40. The summed E-state index contributed by atoms with van der Waals surface area (Å²) in [6, 6.07) is 10.8. The summed E-state index contributed by atoms with van der Waals surface area (Å²) in [5, 5.41) is 0. The highest BCUT2D eigenvalue weighted by molar-refractivity contribution is 8.26. The van der Waals surface area contributed by atoms with Gasteiger partial charge in [0.15, 0.2) is 11.6 Å². The molecule has 0 aliphatic carbocycles. The van der Waals surface area contributed by atoms with E-state index in [1.807, 2.05) is 13.8 Å². The van der Waals surface area contributed by atoms with E-state index in [-0.39, 0.29) is 34.0 Å². The van der Waals surface area contributed by atoms with Crippen LogP contribution in [0.4, 0.5) is 4.39 Å². The van der Waals surface area contributed by atoms with Gasteiger partial charge in [-0.05, 0) is 44.2 Å². The molecule has 3 heterocycles. The van der Waals surface area contributed by atoms with Crippen LogP contribution >= 0.6 is 24.0 Å². The highest BCUT2D eigenvalue weighted by Gasteiger charge is 2.34. The zero-order chi connectivity index (χ0) is 21.4. The molecular formula is C21H16FN3O3S2. The standard InChI is InChI=1S/C21H16FN3O3S2/c1-12(2)25-20(27)16(30-21(25)29)11-13-18(28-15-8-4-3-7-14(15)22)23-17-9-5-6-10-24(17)19(13)26/h3-12H,1-2H3/b16-11-. The van der Waals surface area contributed by atoms with Crippen molar-refractivity contribution in [1.82, 2.24) is 14.3 Å². The first kappa shape index (κ1) is 20.2. The van der Waals surface area contributed by atoms with Gasteiger partial charge in [-0.25, -0.2) is 4.39 Å². The second-order valence-electron chi connectivity index (χ2n) is 6.74. The molecule has 9 heteroatoms. The zero-order valence-electron chi connectivity index (χ0n) is 16.0. The van der Waals surface area contributed by atoms with E-state index >= 15 is 0 Å². The maximum Gasteiger partial charge on any atom is 0.269 e. The van der Waals surface area contributed by atoms with Gasteiger partial charge in [0.2, 0.25) is 5.88 Å². The van der Waals surface area contributed by atoms with E-state index in [9.17, 15) is 14.0 Å². The van der Waals surface area contributed by atoms with Crippen molar-refractivity contribution >= 4 is 45.9 Å². The maximum atomic E-state index is 14.1. The number of para-hydroxylation sites is 1. The van der Waals surface area contributed by atoms with Crippen LogP contribution in [-0.4, -0.2) is 30.6 Å². The molecule has 152 valence electrons. The molecule has 30 heavy (non-hydrogen) atoms. The number of hydrogen-bond donors (Lipinski definition) is 0. The lowest BCUT2D eigenvalue weighted by Crippen LogP contribution is -2.34. The molecule has 3 aromatic rings. The number of thiocarbonyl (C=S) groups is 1. The predicted octanol–water partition coefficient (Wildman–Crippen LogP) is 4.24. The quantitative estimate of drug-likeness (QED) is 0.446. The number of nitrogens with zero attached hydrogens (tertiary/aromatic N) is 3. The van der Waals surface area contributed by atoms with Gasteiger partial charge in [-0.15, -0.1) is 0 Å². The number of carbonyl (C=O) groups excluding carboxylic acids is 1. The van der Waals surface area contributed by atoms with Crippen molar-refractivity contribution in [3.63, 3.8) is 0 Å². The minimum absolute atomic E-state index is 0.0335. The van der Waals surface area contributed by atoms with E-state index < -0.39 is 11.4 Å². The van der Waals surface area contributed by atoms with Crippen LogP contribution < -0.4 is 10.3 Å². The van der Waals surface area contributed by atoms with Gasteiger partial charge in [0.25, 0.3) is 11.5 Å². The largest absolute Gasteiger partial charge is 0.435 e. The average molecular weight is 442 g/mol. The monoisotopic (exact) mass is 441 g/mol. The molecule has 1 aromatic carbocycles. The number of ether oxygens (including phenoxy) is 1. The molecule has 0 radical (unpaired) electrons. The van der Waals surface area contributed by atoms with Gasteiger partial charge in [0.05, 0.1) is 4.91 Å². The SMILES string of the molecule is CC(C)N1C(=O)/C(=C/c2c(Oc3ccccc3F)nc3ccccn3c2=O)SC1=S. The Morgan fingerprint density at radius 2 is 1.90 bits per heavy atom. The Morgan fingerprint density at radius 1 is 1.17 bits per heavy atom. The van der Waals surface area contributed by atoms with Gasteiger partial charge in [0, 0.05) is 12.2 Å². The van der Waals surface area contributed by atoms with Crippen LogP contribution in [0.1, 0.15) is 19.4 Å². The second-order valence-corrected chi connectivity index (χ2v) is 8.42. The molecule has 1 fully saturated rings. The van der Waals surface area contributed by atoms with Gasteiger partial charge < -0.3 is 4.74 Å². The molecule has 1 amide bonds. The Hall–Kier alpha value is -3.04. The normalized spacial score (nSPS) is 15.6. The number of aromatic nitrogens is 2. The van der Waals surface area contributed by atoms with Crippen LogP contribution in [0.2, 0.25) is 0 Å². The summed E-state index contributed by atoms with van der Waals surface area (Å²) in [6.45, 7) is 3.71. The second kappa shape index (κ2) is 8.00. The third kappa shape index (κ3) is 3.61. The van der Waals surface area contributed by atoms with Crippen molar-refractivity contribution in [2.24, 2.45) is 0 Å². The van der Waals surface area contributed by atoms with Gasteiger partial charge in [-0.1, -0.05) is 42.2 Å². The van der Waals surface area contributed by atoms with Gasteiger partial charge >= 0.3 is 0 Å². The zero-order valence-corrected chi connectivity index (χ0v) is 17.7. The maximum absolute atomic E-state index is 14.1. The molecule has 6 nitrogen and oxygen atoms in total. The van der Waals surface area contributed by atoms with E-state index in [2.05, 4.69) is 4.98 Å². The minimum atomic E-state index is -0.593. The molecule has 1 saturated heterocycles. The van der Waals surface area contributed by atoms with Crippen LogP contribution in [0.25, 0.3) is 11.7 Å². The Balaban J connectivity index is 1.89. The third-order valence-corrected chi connectivity index (χ3v) is 5.72. The molecule has 0 unspecified atom stereocenters. The third-order valence-electron chi connectivity index (χ3n) is 4.39. The Bertz CT molecular complexity index is 1270. The van der Waals surface area contributed by atoms with Gasteiger partial charge in [-0.3, -0.25) is 18.9 Å². The number of amides is 1. The lowest BCUT2D eigenvalue weighted by Gasteiger charge is -2.18. The van der Waals surface area contributed by atoms with Crippen molar-refractivity contribution in [3.8, 4) is 11.6 Å². The molecule has 0 spiro atoms. The average Bonchev–Trinajstić information content (AvgIpc) is 2.99. The van der Waals surface area contributed by atoms with Gasteiger partial charge in [0.1, 0.15) is 15.5 Å². The molecule has 1 aliphatic rings. The Labute approximate surface area is 181 Å². The number of rotatable bonds is 4. The number of fused-ring (bicyclic) bond motifs is 1. The number of thioether (sulfide) groups is 1. The summed E-state index contributed by atoms with van der Waals surface area (Å²) in [7, 11) is 0. The Morgan fingerprint density at radius 3 is 2.60 bits per heavy atom. The van der Waals surface area contributed by atoms with Gasteiger partial charge in [-0.2, -0.15) is 4.98 Å². The fraction of sp³-hybridized carbons (Fsp3) is 0.143. The molecule has 1 aliphatic heterocycles. The van der Waals surface area contributed by atoms with Crippen molar-refractivity contribution in [2.75, 3.05) is 0 Å². The summed E-state index contributed by atoms with van der Waals surface area (Å²) in [4.78, 5) is 32.1. The fourth-order valence-electron chi connectivity index (χ4n) is 2.97. The number of pyridine rings is 1. The van der Waals surface area contributed by atoms with Crippen LogP contribution in [0.5, 0.6) is 11.6 Å². The number of hydrogen-bond acceptors (Lipinski definition) is 6. The number of halogens is 1. The highest BCUT2D eigenvalue weighted by atomic mass is 32.2. The van der Waals surface area contributed by atoms with Crippen molar-refractivity contribution in [1.29, 1.82) is 0 Å². The van der Waals surface area contributed by atoms with Crippen LogP contribution in [-0.2, 0) is 4.79 Å². The highest BCUT2D eigenvalue weighted by Crippen LogP contribution is 2.35. The fourth-order valence-corrected chi connectivity index (χ4v) is 4.48. The van der Waals surface area contributed by atoms with Crippen molar-refractivity contribution in [2.45, 2.75) is 19.9 Å². The predicted molar refractivity (Wildman–Crippen MR) is 118 cm³/mol. The van der Waals surface area contributed by atoms with E-state index in [4.69, 9.17) is 17.0 Å². The molecule has 2 aromatic heterocycles. The number of benzene rings is 1. The lowest BCUT2D eigenvalue weighted by atomic mass is 10.2. The first-order valence-electron chi connectivity index (χ1n) is 9.07. The molecule has 4 rings (SSSR count). The topological polar surface area (TPSA) is 63.9 Å². The van der Waals surface area contributed by atoms with Crippen LogP contribution in [0.3, 0.4) is 0 Å². The molecule has 0 atom stereocenters. The Kier molecular flexibility index (Phi) is 5.40. The van der Waals surface area contributed by atoms with E-state index in [1.165, 1.54) is 33.6 Å². The van der Waals surface area contributed by atoms with Crippen molar-refractivity contribution in [3.05, 3.63) is 75.3 Å². The molecular weight excluding hydrogens is 425 g/mol. The molecule has 0 N–H and O–H groups in total. The van der Waals surface area contributed by atoms with Crippen LogP contribution in [0.15, 0.2) is 58.4 Å². The summed E-state index contributed by atoms with van der Waals surface area (Å²) in [5.74, 6) is -1.06. The first-order valence-corrected chi connectivity index (χ1v) is 10.3. The van der Waals surface area contributed by atoms with E-state index in [0.717, 1.165) is 11.8 Å². The van der Waals surface area contributed by atoms with E-state index in [1.54, 1.807) is 30.5 Å². The number of carbonyl (C=O) groups is 1. The molecule has 0 saturated carbocycles. The summed E-state index contributed by atoms with van der Waals surface area (Å²) < 4.78 is 21.6. The van der Waals surface area contributed by atoms with Crippen LogP contribution in [0, 0.1) is 5.82 Å². The smallest absolute Gasteiger partial charge is 0.269 e. The lowest BCUT2D eigenvalue weighted by molar-refractivity contribution is -0.123. The summed E-state index contributed by atoms with van der Waals surface area (Å²) in [6.07, 6.45) is 2.97. The summed E-state index contributed by atoms with van der Waals surface area (Å²) in [5.41, 5.74) is -0.0753.